The maximum atomic E-state index is 13.3. The van der Waals surface area contributed by atoms with Crippen LogP contribution in [0.15, 0.2) is 107 Å². The smallest absolute Gasteiger partial charge is 0.191 e. The molecule has 3 heterocycles. The van der Waals surface area contributed by atoms with Crippen LogP contribution < -0.4 is 14.9 Å². The van der Waals surface area contributed by atoms with E-state index in [9.17, 15) is 9.00 Å². The Morgan fingerprint density at radius 2 is 1.75 bits per heavy atom. The highest BCUT2D eigenvalue weighted by Crippen LogP contribution is 2.36. The third-order valence-electron chi connectivity index (χ3n) is 6.56. The first-order valence-corrected chi connectivity index (χ1v) is 14.0. The maximum Gasteiger partial charge on any atom is 0.191 e. The number of methoxy groups -OCH3 is 1. The number of rotatable bonds is 7. The van der Waals surface area contributed by atoms with Gasteiger partial charge in [-0.25, -0.2) is 13.9 Å². The summed E-state index contributed by atoms with van der Waals surface area (Å²) >= 11 is 6.61. The molecular weight excluding hydrogens is 544 g/mol. The minimum atomic E-state index is -1.48. The summed E-state index contributed by atoms with van der Waals surface area (Å²) in [5.41, 5.74) is 4.74. The summed E-state index contributed by atoms with van der Waals surface area (Å²) in [7, 11) is 0.102. The van der Waals surface area contributed by atoms with Crippen molar-refractivity contribution in [3.8, 4) is 28.1 Å². The van der Waals surface area contributed by atoms with Crippen LogP contribution in [-0.2, 0) is 17.5 Å². The minimum absolute atomic E-state index is 0.182. The Morgan fingerprint density at radius 3 is 2.52 bits per heavy atom. The molecule has 3 aromatic heterocycles. The largest absolute Gasteiger partial charge is 0.497 e. The van der Waals surface area contributed by atoms with Crippen molar-refractivity contribution in [3.05, 3.63) is 118 Å². The second-order valence-electron chi connectivity index (χ2n) is 9.10. The molecule has 0 saturated carbocycles. The average molecular weight is 567 g/mol. The van der Waals surface area contributed by atoms with E-state index in [1.54, 1.807) is 37.6 Å². The van der Waals surface area contributed by atoms with Crippen molar-refractivity contribution >= 4 is 44.5 Å². The molecule has 0 aliphatic carbocycles. The predicted molar refractivity (Wildman–Crippen MR) is 160 cm³/mol. The fourth-order valence-electron chi connectivity index (χ4n) is 4.58. The zero-order valence-corrected chi connectivity index (χ0v) is 22.9. The lowest BCUT2D eigenvalue weighted by Crippen LogP contribution is -2.19. The van der Waals surface area contributed by atoms with Crippen LogP contribution in [0.4, 0.5) is 0 Å². The van der Waals surface area contributed by atoms with E-state index in [0.29, 0.717) is 43.6 Å². The number of aromatic nitrogens is 3. The first kappa shape index (κ1) is 25.9. The Labute approximate surface area is 237 Å². The van der Waals surface area contributed by atoms with Crippen LogP contribution in [0.5, 0.6) is 5.75 Å². The molecule has 0 aliphatic heterocycles. The van der Waals surface area contributed by atoms with E-state index in [-0.39, 0.29) is 12.0 Å². The minimum Gasteiger partial charge on any atom is -0.497 e. The number of ether oxygens (including phenoxy) is 1. The van der Waals surface area contributed by atoms with Crippen molar-refractivity contribution in [2.24, 2.45) is 0 Å². The van der Waals surface area contributed by atoms with Gasteiger partial charge in [-0.15, -0.1) is 0 Å². The number of aromatic amines is 1. The molecule has 9 heteroatoms. The number of hydrogen-bond acceptors (Lipinski definition) is 5. The highest BCUT2D eigenvalue weighted by molar-refractivity contribution is 7.83. The van der Waals surface area contributed by atoms with Crippen LogP contribution in [0.25, 0.3) is 44.3 Å². The molecule has 1 atom stereocenters. The SMILES string of the molecule is COc1ccc(S(=O)NCc2cc(=O)c3cc(-c4cc(Cl)c5ncccc5c4)c(-c4ccccc4)nc3[nH]2)cc1. The van der Waals surface area contributed by atoms with E-state index < -0.39 is 11.0 Å². The van der Waals surface area contributed by atoms with Crippen LogP contribution in [0, 0.1) is 0 Å². The summed E-state index contributed by atoms with van der Waals surface area (Å²) in [6.45, 7) is 0.182. The van der Waals surface area contributed by atoms with Crippen molar-refractivity contribution in [1.29, 1.82) is 0 Å². The summed E-state index contributed by atoms with van der Waals surface area (Å²) in [5, 5.41) is 1.86. The van der Waals surface area contributed by atoms with Crippen molar-refractivity contribution in [1.82, 2.24) is 19.7 Å². The lowest BCUT2D eigenvalue weighted by Gasteiger charge is -2.13. The van der Waals surface area contributed by atoms with Gasteiger partial charge in [0, 0.05) is 41.0 Å². The number of hydrogen-bond donors (Lipinski definition) is 2. The summed E-state index contributed by atoms with van der Waals surface area (Å²) in [4.78, 5) is 26.5. The summed E-state index contributed by atoms with van der Waals surface area (Å²) in [5.74, 6) is 0.682. The highest BCUT2D eigenvalue weighted by Gasteiger charge is 2.16. The van der Waals surface area contributed by atoms with Gasteiger partial charge in [-0.05, 0) is 54.1 Å². The first-order chi connectivity index (χ1) is 19.5. The van der Waals surface area contributed by atoms with E-state index in [1.807, 2.05) is 60.7 Å². The molecular formula is C31H23ClN4O3S. The fourth-order valence-corrected chi connectivity index (χ4v) is 5.69. The number of fused-ring (bicyclic) bond motifs is 2. The number of benzene rings is 3. The fraction of sp³-hybridized carbons (Fsp3) is 0.0645. The first-order valence-electron chi connectivity index (χ1n) is 12.5. The van der Waals surface area contributed by atoms with E-state index in [2.05, 4.69) is 14.7 Å². The van der Waals surface area contributed by atoms with Crippen LogP contribution in [0.1, 0.15) is 5.69 Å². The van der Waals surface area contributed by atoms with Crippen LogP contribution in [-0.4, -0.2) is 26.3 Å². The van der Waals surface area contributed by atoms with Gasteiger partial charge >= 0.3 is 0 Å². The van der Waals surface area contributed by atoms with Gasteiger partial charge in [0.15, 0.2) is 5.43 Å². The third kappa shape index (κ3) is 5.12. The van der Waals surface area contributed by atoms with E-state index in [0.717, 1.165) is 22.1 Å². The zero-order valence-electron chi connectivity index (χ0n) is 21.4. The normalized spacial score (nSPS) is 12.1. The molecule has 6 rings (SSSR count). The van der Waals surface area contributed by atoms with E-state index in [4.69, 9.17) is 21.3 Å². The van der Waals surface area contributed by atoms with Crippen molar-refractivity contribution < 1.29 is 8.95 Å². The van der Waals surface area contributed by atoms with Gasteiger partial charge in [-0.1, -0.05) is 48.0 Å². The van der Waals surface area contributed by atoms with Gasteiger partial charge in [-0.2, -0.15) is 0 Å². The monoisotopic (exact) mass is 566 g/mol. The summed E-state index contributed by atoms with van der Waals surface area (Å²) in [6.07, 6.45) is 1.71. The van der Waals surface area contributed by atoms with Crippen molar-refractivity contribution in [2.45, 2.75) is 11.4 Å². The number of H-pyrrole nitrogens is 1. The molecule has 40 heavy (non-hydrogen) atoms. The molecule has 0 aliphatic rings. The van der Waals surface area contributed by atoms with Gasteiger partial charge in [0.05, 0.1) is 33.6 Å². The molecule has 0 spiro atoms. The predicted octanol–water partition coefficient (Wildman–Crippen LogP) is 6.28. The number of nitrogens with zero attached hydrogens (tertiary/aromatic N) is 2. The number of pyridine rings is 3. The van der Waals surface area contributed by atoms with Gasteiger partial charge in [0.1, 0.15) is 22.4 Å². The van der Waals surface area contributed by atoms with Gasteiger partial charge in [0.2, 0.25) is 0 Å². The molecule has 198 valence electrons. The molecule has 0 bridgehead atoms. The summed E-state index contributed by atoms with van der Waals surface area (Å²) < 4.78 is 20.9. The Morgan fingerprint density at radius 1 is 0.950 bits per heavy atom. The highest BCUT2D eigenvalue weighted by atomic mass is 35.5. The molecule has 3 aromatic carbocycles. The average Bonchev–Trinajstić information content (AvgIpc) is 3.00. The Balaban J connectivity index is 1.41. The number of nitrogens with one attached hydrogen (secondary N) is 2. The molecule has 0 amide bonds. The molecule has 0 fully saturated rings. The van der Waals surface area contributed by atoms with Crippen LogP contribution in [0.3, 0.4) is 0 Å². The molecule has 6 aromatic rings. The van der Waals surface area contributed by atoms with Crippen LogP contribution in [0.2, 0.25) is 5.02 Å². The lowest BCUT2D eigenvalue weighted by atomic mass is 9.96. The zero-order chi connectivity index (χ0) is 27.6. The van der Waals surface area contributed by atoms with Gasteiger partial charge in [-0.3, -0.25) is 9.78 Å². The molecule has 2 N–H and O–H groups in total. The molecule has 1 unspecified atom stereocenters. The Kier molecular flexibility index (Phi) is 7.13. The molecule has 0 radical (unpaired) electrons. The lowest BCUT2D eigenvalue weighted by molar-refractivity contribution is 0.414. The van der Waals surface area contributed by atoms with Gasteiger partial charge in [0.25, 0.3) is 0 Å². The second kappa shape index (κ2) is 11.0. The maximum absolute atomic E-state index is 13.3. The standard InChI is InChI=1S/C31H23ClN4O3S/c1-39-23-9-11-24(12-10-23)40(38)34-18-22-16-28(37)26-17-25(21-14-20-8-5-13-33-30(20)27(32)15-21)29(36-31(26)35-22)19-6-3-2-4-7-19/h2-17,34H,18H2,1H3,(H,35,36,37). The topological polar surface area (TPSA) is 97.0 Å². The van der Waals surface area contributed by atoms with E-state index >= 15 is 0 Å². The van der Waals surface area contributed by atoms with E-state index in [1.165, 1.54) is 6.07 Å². The third-order valence-corrected chi connectivity index (χ3v) is 7.95. The van der Waals surface area contributed by atoms with Crippen molar-refractivity contribution in [3.63, 3.8) is 0 Å². The molecule has 7 nitrogen and oxygen atoms in total. The van der Waals surface area contributed by atoms with Crippen molar-refractivity contribution in [2.75, 3.05) is 7.11 Å². The Hall–Kier alpha value is -4.37. The van der Waals surface area contributed by atoms with Gasteiger partial charge < -0.3 is 9.72 Å². The molecule has 0 saturated heterocycles. The number of halogens is 1. The van der Waals surface area contributed by atoms with Crippen LogP contribution >= 0.6 is 11.6 Å². The quantitative estimate of drug-likeness (QED) is 0.237. The second-order valence-corrected chi connectivity index (χ2v) is 10.8. The summed E-state index contributed by atoms with van der Waals surface area (Å²) in [6, 6.07) is 27.8. The Bertz CT molecular complexity index is 1940.